The number of hydrogen-bond acceptors (Lipinski definition) is 8. The zero-order chi connectivity index (χ0) is 25.9. The molecule has 1 aliphatic rings. The molecular weight excluding hydrogens is 496 g/mol. The summed E-state index contributed by atoms with van der Waals surface area (Å²) in [5, 5.41) is 5.85. The van der Waals surface area contributed by atoms with E-state index in [2.05, 4.69) is 22.2 Å². The summed E-state index contributed by atoms with van der Waals surface area (Å²) in [5.41, 5.74) is 2.74. The second kappa shape index (κ2) is 11.1. The first-order chi connectivity index (χ1) is 17.1. The van der Waals surface area contributed by atoms with Crippen molar-refractivity contribution in [2.75, 3.05) is 26.4 Å². The summed E-state index contributed by atoms with van der Waals surface area (Å²) < 4.78 is 30.0. The van der Waals surface area contributed by atoms with Crippen LogP contribution in [0.1, 0.15) is 47.7 Å². The zero-order valence-electron chi connectivity index (χ0n) is 21.0. The number of likely N-dealkylation sites (tertiary alicyclic amines) is 1. The number of benzene rings is 1. The molecule has 0 atom stereocenters. The molecule has 2 aromatic heterocycles. The lowest BCUT2D eigenvalue weighted by Crippen LogP contribution is -2.43. The molecule has 1 aromatic carbocycles. The number of nitrogens with one attached hydrogen (secondary N) is 1. The van der Waals surface area contributed by atoms with Crippen LogP contribution in [0, 0.1) is 0 Å². The molecule has 0 bridgehead atoms. The maximum absolute atomic E-state index is 12.6. The third-order valence-electron chi connectivity index (χ3n) is 6.06. The SMILES string of the molecule is CC(C)Oc1ccc(S(C)(=O)=O)cc1Cc1nc(-c2ccc(C(=O)NC3CCN(C)CC3)nc2)cs1. The molecule has 192 valence electrons. The van der Waals surface area contributed by atoms with E-state index in [9.17, 15) is 13.2 Å². The van der Waals surface area contributed by atoms with Gasteiger partial charge < -0.3 is 15.0 Å². The highest BCUT2D eigenvalue weighted by atomic mass is 32.2. The van der Waals surface area contributed by atoms with Crippen molar-refractivity contribution in [1.82, 2.24) is 20.2 Å². The van der Waals surface area contributed by atoms with Gasteiger partial charge in [0.15, 0.2) is 9.84 Å². The summed E-state index contributed by atoms with van der Waals surface area (Å²) >= 11 is 1.49. The van der Waals surface area contributed by atoms with E-state index in [1.54, 1.807) is 30.5 Å². The molecule has 0 unspecified atom stereocenters. The van der Waals surface area contributed by atoms with Crippen LogP contribution < -0.4 is 10.1 Å². The lowest BCUT2D eigenvalue weighted by Gasteiger charge is -2.29. The van der Waals surface area contributed by atoms with E-state index in [0.717, 1.165) is 47.8 Å². The Balaban J connectivity index is 1.47. The number of sulfone groups is 1. The second-order valence-corrected chi connectivity index (χ2v) is 12.5. The molecule has 0 saturated carbocycles. The lowest BCUT2D eigenvalue weighted by molar-refractivity contribution is 0.0912. The average Bonchev–Trinajstić information content (AvgIpc) is 3.29. The second-order valence-electron chi connectivity index (χ2n) is 9.49. The Morgan fingerprint density at radius 1 is 1.22 bits per heavy atom. The van der Waals surface area contributed by atoms with E-state index < -0.39 is 9.84 Å². The smallest absolute Gasteiger partial charge is 0.270 e. The van der Waals surface area contributed by atoms with Gasteiger partial charge in [0, 0.05) is 41.4 Å². The summed E-state index contributed by atoms with van der Waals surface area (Å²) in [6.45, 7) is 5.82. The van der Waals surface area contributed by atoms with Crippen molar-refractivity contribution in [1.29, 1.82) is 0 Å². The number of ether oxygens (including phenoxy) is 1. The Kier molecular flexibility index (Phi) is 8.07. The number of carbonyl (C=O) groups excluding carboxylic acids is 1. The van der Waals surface area contributed by atoms with Crippen molar-refractivity contribution in [2.24, 2.45) is 0 Å². The Hall–Kier alpha value is -2.82. The standard InChI is InChI=1S/C26H32N4O4S2/c1-17(2)34-24-8-6-21(36(4,32)33)13-19(24)14-25-29-23(16-35-25)18-5-7-22(27-15-18)26(31)28-20-9-11-30(3)12-10-20/h5-8,13,15-17,20H,9-12,14H2,1-4H3,(H,28,31). The van der Waals surface area contributed by atoms with Gasteiger partial charge in [-0.15, -0.1) is 11.3 Å². The molecule has 3 aromatic rings. The van der Waals surface area contributed by atoms with Gasteiger partial charge in [0.05, 0.1) is 21.7 Å². The third-order valence-corrected chi connectivity index (χ3v) is 8.02. The van der Waals surface area contributed by atoms with Crippen molar-refractivity contribution in [3.63, 3.8) is 0 Å². The van der Waals surface area contributed by atoms with Crippen LogP contribution in [0.15, 0.2) is 46.8 Å². The minimum atomic E-state index is -3.34. The van der Waals surface area contributed by atoms with Gasteiger partial charge in [0.2, 0.25) is 0 Å². The van der Waals surface area contributed by atoms with E-state index in [1.807, 2.05) is 25.3 Å². The van der Waals surface area contributed by atoms with Crippen molar-refractivity contribution < 1.29 is 17.9 Å². The molecule has 8 nitrogen and oxygen atoms in total. The van der Waals surface area contributed by atoms with E-state index in [1.165, 1.54) is 17.6 Å². The minimum Gasteiger partial charge on any atom is -0.491 e. The van der Waals surface area contributed by atoms with E-state index in [-0.39, 0.29) is 22.9 Å². The largest absolute Gasteiger partial charge is 0.491 e. The minimum absolute atomic E-state index is 0.0408. The van der Waals surface area contributed by atoms with Gasteiger partial charge in [-0.2, -0.15) is 0 Å². The zero-order valence-corrected chi connectivity index (χ0v) is 22.7. The predicted octanol–water partition coefficient (Wildman–Crippen LogP) is 3.81. The number of amides is 1. The molecule has 3 heterocycles. The van der Waals surface area contributed by atoms with Crippen molar-refractivity contribution in [2.45, 2.75) is 50.2 Å². The number of thiazole rings is 1. The summed E-state index contributed by atoms with van der Waals surface area (Å²) in [5.74, 6) is 0.495. The van der Waals surface area contributed by atoms with Crippen LogP contribution in [-0.2, 0) is 16.3 Å². The topological polar surface area (TPSA) is 101 Å². The Labute approximate surface area is 216 Å². The lowest BCUT2D eigenvalue weighted by atomic mass is 10.1. The molecule has 0 aliphatic carbocycles. The van der Waals surface area contributed by atoms with Gasteiger partial charge in [-0.3, -0.25) is 9.78 Å². The highest BCUT2D eigenvalue weighted by Gasteiger charge is 2.20. The van der Waals surface area contributed by atoms with Gasteiger partial charge in [0.1, 0.15) is 11.4 Å². The molecule has 1 fully saturated rings. The predicted molar refractivity (Wildman–Crippen MR) is 141 cm³/mol. The molecule has 36 heavy (non-hydrogen) atoms. The number of rotatable bonds is 8. The average molecular weight is 529 g/mol. The van der Waals surface area contributed by atoms with Crippen LogP contribution >= 0.6 is 11.3 Å². The van der Waals surface area contributed by atoms with Crippen molar-refractivity contribution in [3.8, 4) is 17.0 Å². The summed E-state index contributed by atoms with van der Waals surface area (Å²) in [4.78, 5) is 24.2. The maximum atomic E-state index is 12.6. The first-order valence-electron chi connectivity index (χ1n) is 12.0. The number of nitrogens with zero attached hydrogens (tertiary/aromatic N) is 3. The van der Waals surface area contributed by atoms with Gasteiger partial charge >= 0.3 is 0 Å². The molecule has 1 amide bonds. The number of pyridine rings is 1. The Bertz CT molecular complexity index is 1310. The number of piperidine rings is 1. The van der Waals surface area contributed by atoms with Crippen LogP contribution in [0.4, 0.5) is 0 Å². The molecular formula is C26H32N4O4S2. The Morgan fingerprint density at radius 3 is 2.61 bits per heavy atom. The van der Waals surface area contributed by atoms with Crippen LogP contribution in [0.3, 0.4) is 0 Å². The highest BCUT2D eigenvalue weighted by Crippen LogP contribution is 2.29. The number of carbonyl (C=O) groups is 1. The molecule has 1 aliphatic heterocycles. The van der Waals surface area contributed by atoms with Crippen LogP contribution in [0.2, 0.25) is 0 Å². The monoisotopic (exact) mass is 528 g/mol. The van der Waals surface area contributed by atoms with Crippen molar-refractivity contribution in [3.05, 3.63) is 58.2 Å². The van der Waals surface area contributed by atoms with Crippen LogP contribution in [0.25, 0.3) is 11.3 Å². The number of hydrogen-bond donors (Lipinski definition) is 1. The highest BCUT2D eigenvalue weighted by molar-refractivity contribution is 7.90. The molecule has 1 N–H and O–H groups in total. The van der Waals surface area contributed by atoms with Crippen LogP contribution in [0.5, 0.6) is 5.75 Å². The van der Waals surface area contributed by atoms with E-state index in [4.69, 9.17) is 9.72 Å². The first kappa shape index (κ1) is 26.2. The van der Waals surface area contributed by atoms with Gasteiger partial charge in [0.25, 0.3) is 5.91 Å². The fraction of sp³-hybridized carbons (Fsp3) is 0.423. The normalized spacial score (nSPS) is 15.2. The molecule has 10 heteroatoms. The van der Waals surface area contributed by atoms with Gasteiger partial charge in [-0.1, -0.05) is 0 Å². The first-order valence-corrected chi connectivity index (χ1v) is 14.8. The fourth-order valence-corrected chi connectivity index (χ4v) is 5.57. The molecule has 0 spiro atoms. The molecule has 4 rings (SSSR count). The summed E-state index contributed by atoms with van der Waals surface area (Å²) in [6.07, 6.45) is 5.15. The summed E-state index contributed by atoms with van der Waals surface area (Å²) in [6, 6.07) is 8.70. The summed E-state index contributed by atoms with van der Waals surface area (Å²) in [7, 11) is -1.25. The quantitative estimate of drug-likeness (QED) is 0.474. The maximum Gasteiger partial charge on any atom is 0.270 e. The van der Waals surface area contributed by atoms with E-state index >= 15 is 0 Å². The van der Waals surface area contributed by atoms with Gasteiger partial charge in [-0.25, -0.2) is 13.4 Å². The molecule has 1 saturated heterocycles. The number of aromatic nitrogens is 2. The van der Waals surface area contributed by atoms with Crippen LogP contribution in [-0.4, -0.2) is 67.7 Å². The molecule has 0 radical (unpaired) electrons. The van der Waals surface area contributed by atoms with Gasteiger partial charge in [-0.05, 0) is 77.2 Å². The third kappa shape index (κ3) is 6.68. The Morgan fingerprint density at radius 2 is 1.97 bits per heavy atom. The van der Waals surface area contributed by atoms with Crippen molar-refractivity contribution >= 4 is 27.1 Å². The fourth-order valence-electron chi connectivity index (χ4n) is 4.07. The van der Waals surface area contributed by atoms with E-state index in [0.29, 0.717) is 17.9 Å².